The van der Waals surface area contributed by atoms with Crippen LogP contribution in [0.25, 0.3) is 22.8 Å². The quantitative estimate of drug-likeness (QED) is 0.736. The third-order valence-electron chi connectivity index (χ3n) is 2.88. The molecule has 0 aliphatic rings. The molecular weight excluding hydrogens is 318 g/mol. The molecule has 0 saturated carbocycles. The van der Waals surface area contributed by atoms with Crippen LogP contribution in [-0.4, -0.2) is 21.5 Å². The predicted molar refractivity (Wildman–Crippen MR) is 70.9 cm³/mol. The van der Waals surface area contributed by atoms with E-state index in [-0.39, 0.29) is 17.1 Å². The number of aromatic nitrogens is 3. The highest BCUT2D eigenvalue weighted by Gasteiger charge is 2.32. The van der Waals surface area contributed by atoms with E-state index in [9.17, 15) is 17.6 Å². The van der Waals surface area contributed by atoms with Gasteiger partial charge in [-0.25, -0.2) is 9.37 Å². The zero-order valence-corrected chi connectivity index (χ0v) is 11.6. The number of H-pyrrole nitrogens is 1. The van der Waals surface area contributed by atoms with Crippen molar-refractivity contribution in [1.82, 2.24) is 15.2 Å². The number of oxazole rings is 1. The Kier molecular flexibility index (Phi) is 3.55. The molecule has 0 spiro atoms. The largest absolute Gasteiger partial charge is 0.573 e. The first kappa shape index (κ1) is 15.1. The summed E-state index contributed by atoms with van der Waals surface area (Å²) in [6.45, 7) is 1.80. The molecule has 120 valence electrons. The fraction of sp³-hybridized carbons (Fsp3) is 0.143. The molecule has 0 bridgehead atoms. The van der Waals surface area contributed by atoms with Crippen molar-refractivity contribution in [3.63, 3.8) is 0 Å². The summed E-state index contributed by atoms with van der Waals surface area (Å²) < 4.78 is 58.8. The highest BCUT2D eigenvalue weighted by atomic mass is 19.4. The molecule has 1 aromatic carbocycles. The number of aryl methyl sites for hydroxylation is 1. The van der Waals surface area contributed by atoms with E-state index >= 15 is 0 Å². The Hall–Kier alpha value is -2.84. The number of ether oxygens (including phenoxy) is 1. The number of hydrogen-bond donors (Lipinski definition) is 1. The van der Waals surface area contributed by atoms with E-state index in [1.54, 1.807) is 13.0 Å². The van der Waals surface area contributed by atoms with Gasteiger partial charge in [-0.15, -0.1) is 13.2 Å². The first-order chi connectivity index (χ1) is 10.8. The molecule has 23 heavy (non-hydrogen) atoms. The molecule has 0 fully saturated rings. The maximum atomic E-state index is 13.7. The summed E-state index contributed by atoms with van der Waals surface area (Å²) >= 11 is 0. The molecule has 0 radical (unpaired) electrons. The lowest BCUT2D eigenvalue weighted by Crippen LogP contribution is -2.17. The van der Waals surface area contributed by atoms with Crippen LogP contribution < -0.4 is 4.74 Å². The monoisotopic (exact) mass is 327 g/mol. The highest BCUT2D eigenvalue weighted by Crippen LogP contribution is 2.30. The van der Waals surface area contributed by atoms with Crippen LogP contribution >= 0.6 is 0 Å². The lowest BCUT2D eigenvalue weighted by molar-refractivity contribution is -0.275. The maximum absolute atomic E-state index is 13.7. The van der Waals surface area contributed by atoms with Crippen LogP contribution in [0, 0.1) is 12.7 Å². The fourth-order valence-electron chi connectivity index (χ4n) is 1.92. The van der Waals surface area contributed by atoms with Crippen LogP contribution in [0.1, 0.15) is 5.69 Å². The fourth-order valence-corrected chi connectivity index (χ4v) is 1.92. The van der Waals surface area contributed by atoms with E-state index in [0.717, 1.165) is 17.8 Å². The molecule has 0 aliphatic heterocycles. The second-order valence-corrected chi connectivity index (χ2v) is 4.67. The van der Waals surface area contributed by atoms with Crippen LogP contribution in [0.4, 0.5) is 17.6 Å². The molecule has 9 heteroatoms. The molecule has 0 atom stereocenters. The average molecular weight is 327 g/mol. The summed E-state index contributed by atoms with van der Waals surface area (Å²) in [7, 11) is 0. The Morgan fingerprint density at radius 2 is 1.96 bits per heavy atom. The van der Waals surface area contributed by atoms with E-state index < -0.39 is 17.9 Å². The predicted octanol–water partition coefficient (Wildman–Crippen LogP) is 4.08. The summed E-state index contributed by atoms with van der Waals surface area (Å²) in [6, 6.07) is 4.72. The van der Waals surface area contributed by atoms with Gasteiger partial charge in [0.05, 0.1) is 0 Å². The lowest BCUT2D eigenvalue weighted by atomic mass is 10.1. The summed E-state index contributed by atoms with van der Waals surface area (Å²) in [6.07, 6.45) is -3.69. The molecule has 3 aromatic rings. The number of rotatable bonds is 3. The minimum Gasteiger partial charge on any atom is -0.443 e. The first-order valence-electron chi connectivity index (χ1n) is 6.35. The van der Waals surface area contributed by atoms with Crippen molar-refractivity contribution in [3.8, 4) is 28.6 Å². The van der Waals surface area contributed by atoms with Gasteiger partial charge in [0.25, 0.3) is 0 Å². The SMILES string of the molecule is Cc1cc(-c2nc(-c3ccc(OC(F)(F)F)c(F)c3)co2)n[nH]1. The van der Waals surface area contributed by atoms with Crippen molar-refractivity contribution in [3.05, 3.63) is 42.0 Å². The molecular formula is C14H9F4N3O2. The molecule has 2 heterocycles. The van der Waals surface area contributed by atoms with Gasteiger partial charge in [0.2, 0.25) is 5.89 Å². The van der Waals surface area contributed by atoms with E-state index in [0.29, 0.717) is 5.69 Å². The third-order valence-corrected chi connectivity index (χ3v) is 2.88. The number of nitrogens with one attached hydrogen (secondary N) is 1. The molecule has 0 aliphatic carbocycles. The molecule has 0 amide bonds. The van der Waals surface area contributed by atoms with Gasteiger partial charge >= 0.3 is 6.36 Å². The molecule has 0 saturated heterocycles. The van der Waals surface area contributed by atoms with Crippen LogP contribution in [0.5, 0.6) is 5.75 Å². The van der Waals surface area contributed by atoms with E-state index in [1.807, 2.05) is 0 Å². The minimum absolute atomic E-state index is 0.209. The Labute approximate surface area is 126 Å². The van der Waals surface area contributed by atoms with Crippen LogP contribution in [0.2, 0.25) is 0 Å². The van der Waals surface area contributed by atoms with Crippen molar-refractivity contribution in [2.75, 3.05) is 0 Å². The Morgan fingerprint density at radius 3 is 2.57 bits per heavy atom. The van der Waals surface area contributed by atoms with Gasteiger partial charge in [-0.05, 0) is 31.2 Å². The number of benzene rings is 1. The van der Waals surface area contributed by atoms with E-state index in [4.69, 9.17) is 4.42 Å². The number of nitrogens with zero attached hydrogens (tertiary/aromatic N) is 2. The molecule has 0 unspecified atom stereocenters. The Bertz CT molecular complexity index is 839. The van der Waals surface area contributed by atoms with Crippen molar-refractivity contribution >= 4 is 0 Å². The molecule has 1 N–H and O–H groups in total. The zero-order chi connectivity index (χ0) is 16.6. The lowest BCUT2D eigenvalue weighted by Gasteiger charge is -2.09. The minimum atomic E-state index is -4.96. The zero-order valence-electron chi connectivity index (χ0n) is 11.6. The van der Waals surface area contributed by atoms with Crippen LogP contribution in [0.3, 0.4) is 0 Å². The topological polar surface area (TPSA) is 63.9 Å². The number of halogens is 4. The van der Waals surface area contributed by atoms with Gasteiger partial charge in [-0.2, -0.15) is 5.10 Å². The Balaban J connectivity index is 1.88. The summed E-state index contributed by atoms with van der Waals surface area (Å²) in [5, 5.41) is 6.69. The van der Waals surface area contributed by atoms with Gasteiger partial charge in [-0.3, -0.25) is 5.10 Å². The summed E-state index contributed by atoms with van der Waals surface area (Å²) in [5.41, 5.74) is 1.78. The van der Waals surface area contributed by atoms with Crippen molar-refractivity contribution in [1.29, 1.82) is 0 Å². The maximum Gasteiger partial charge on any atom is 0.573 e. The highest BCUT2D eigenvalue weighted by molar-refractivity contribution is 5.62. The standard InChI is InChI=1S/C14H9F4N3O2/c1-7-4-10(21-20-7)13-19-11(6-22-13)8-2-3-12(9(15)5-8)23-14(16,17)18/h2-6H,1H3,(H,20,21). The smallest absolute Gasteiger partial charge is 0.443 e. The van der Waals surface area contributed by atoms with Gasteiger partial charge in [-0.1, -0.05) is 0 Å². The first-order valence-corrected chi connectivity index (χ1v) is 6.35. The molecule has 3 rings (SSSR count). The van der Waals surface area contributed by atoms with Gasteiger partial charge in [0.1, 0.15) is 17.7 Å². The molecule has 5 nitrogen and oxygen atoms in total. The second kappa shape index (κ2) is 5.41. The Morgan fingerprint density at radius 1 is 1.17 bits per heavy atom. The van der Waals surface area contributed by atoms with Crippen molar-refractivity contribution in [2.45, 2.75) is 13.3 Å². The second-order valence-electron chi connectivity index (χ2n) is 4.67. The van der Waals surface area contributed by atoms with Crippen molar-refractivity contribution < 1.29 is 26.7 Å². The van der Waals surface area contributed by atoms with Gasteiger partial charge in [0.15, 0.2) is 11.6 Å². The third kappa shape index (κ3) is 3.33. The summed E-state index contributed by atoms with van der Waals surface area (Å²) in [5.74, 6) is -1.85. The van der Waals surface area contributed by atoms with Gasteiger partial charge in [0, 0.05) is 11.3 Å². The number of hydrogen-bond acceptors (Lipinski definition) is 4. The number of alkyl halides is 3. The van der Waals surface area contributed by atoms with Crippen LogP contribution in [0.15, 0.2) is 34.9 Å². The van der Waals surface area contributed by atoms with E-state index in [1.165, 1.54) is 12.3 Å². The summed E-state index contributed by atoms with van der Waals surface area (Å²) in [4.78, 5) is 4.13. The van der Waals surface area contributed by atoms with Gasteiger partial charge < -0.3 is 9.15 Å². The molecule has 2 aromatic heterocycles. The average Bonchev–Trinajstić information content (AvgIpc) is 3.08. The van der Waals surface area contributed by atoms with Crippen molar-refractivity contribution in [2.24, 2.45) is 0 Å². The normalized spacial score (nSPS) is 11.7. The van der Waals surface area contributed by atoms with Crippen LogP contribution in [-0.2, 0) is 0 Å². The number of aromatic amines is 1. The van der Waals surface area contributed by atoms with E-state index in [2.05, 4.69) is 19.9 Å².